The van der Waals surface area contributed by atoms with Crippen LogP contribution in [0, 0.1) is 4.91 Å². The van der Waals surface area contributed by atoms with Gasteiger partial charge in [0, 0.05) is 0 Å². The molecule has 0 saturated heterocycles. The lowest BCUT2D eigenvalue weighted by molar-refractivity contribution is 0.312. The van der Waals surface area contributed by atoms with Gasteiger partial charge in [0.05, 0.1) is 0 Å². The summed E-state index contributed by atoms with van der Waals surface area (Å²) in [5, 5.41) is 7.89. The molecule has 0 amide bonds. The molecule has 0 aromatic carbocycles. The van der Waals surface area contributed by atoms with Crippen molar-refractivity contribution in [2.75, 3.05) is 0 Å². The molecule has 0 unspecified atom stereocenters. The van der Waals surface area contributed by atoms with Gasteiger partial charge in [-0.3, -0.25) is 0 Å². The highest BCUT2D eigenvalue weighted by Gasteiger charge is 1.18. The minimum atomic E-state index is 0. The van der Waals surface area contributed by atoms with Crippen molar-refractivity contribution in [3.63, 3.8) is 0 Å². The minimum absolute atomic E-state index is 0. The zero-order chi connectivity index (χ0) is 2.71. The zero-order valence-electron chi connectivity index (χ0n) is 2.72. The Morgan fingerprint density at radius 3 is 1.40 bits per heavy atom. The van der Waals surface area contributed by atoms with Gasteiger partial charge in [0.2, 0.25) is 0 Å². The van der Waals surface area contributed by atoms with Gasteiger partial charge in [-0.1, -0.05) is 0 Å². The molecular formula is H7N3O2. The van der Waals surface area contributed by atoms with E-state index >= 15 is 0 Å². The topological polar surface area (TPSA) is 120 Å². The minimum Gasteiger partial charge on any atom is -0.379 e. The molecule has 0 atom stereocenters. The fourth-order valence-electron chi connectivity index (χ4n) is 0. The van der Waals surface area contributed by atoms with Crippen LogP contribution in [-0.2, 0) is 0 Å². The molecule has 0 aliphatic rings. The van der Waals surface area contributed by atoms with Crippen LogP contribution in [0.4, 0.5) is 0 Å². The lowest BCUT2D eigenvalue weighted by Gasteiger charge is -1.32. The van der Waals surface area contributed by atoms with Gasteiger partial charge in [0.15, 0.2) is 5.34 Å². The van der Waals surface area contributed by atoms with Gasteiger partial charge < -0.3 is 17.5 Å². The molecule has 34 valence electrons. The summed E-state index contributed by atoms with van der Waals surface area (Å²) >= 11 is 0. The van der Waals surface area contributed by atoms with Gasteiger partial charge in [-0.05, 0) is 0 Å². The van der Waals surface area contributed by atoms with E-state index in [2.05, 4.69) is 0 Å². The van der Waals surface area contributed by atoms with Crippen LogP contribution in [0.1, 0.15) is 0 Å². The van der Waals surface area contributed by atoms with Crippen molar-refractivity contribution >= 4 is 0 Å². The summed E-state index contributed by atoms with van der Waals surface area (Å²) in [5.41, 5.74) is 0. The van der Waals surface area contributed by atoms with Crippen LogP contribution in [0.15, 0.2) is 5.34 Å². The standard InChI is InChI=1S/HNO2.2H3N/c2-1-3;;/h(H,2,3);2*1H3. The smallest absolute Gasteiger partial charge is 0.152 e. The van der Waals surface area contributed by atoms with E-state index in [-0.39, 0.29) is 12.3 Å². The van der Waals surface area contributed by atoms with Gasteiger partial charge in [0.25, 0.3) is 0 Å². The summed E-state index contributed by atoms with van der Waals surface area (Å²) in [4.78, 5) is 8.11. The molecule has 0 fully saturated rings. The maximum atomic E-state index is 8.11. The van der Waals surface area contributed by atoms with Crippen molar-refractivity contribution < 1.29 is 5.21 Å². The van der Waals surface area contributed by atoms with Crippen LogP contribution < -0.4 is 12.3 Å². The van der Waals surface area contributed by atoms with Crippen molar-refractivity contribution in [2.24, 2.45) is 5.34 Å². The Hall–Kier alpha value is -0.680. The van der Waals surface area contributed by atoms with Gasteiger partial charge in [-0.15, -0.1) is 4.91 Å². The molecule has 0 aromatic rings. The molecule has 0 bridgehead atoms. The third kappa shape index (κ3) is 12.5. The Balaban J connectivity index is -0.0000000200. The lowest BCUT2D eigenvalue weighted by Crippen LogP contribution is -1.25. The molecule has 5 heavy (non-hydrogen) atoms. The summed E-state index contributed by atoms with van der Waals surface area (Å²) in [6.07, 6.45) is 0. The Morgan fingerprint density at radius 2 is 1.40 bits per heavy atom. The quantitative estimate of drug-likeness (QED) is 0.290. The van der Waals surface area contributed by atoms with Crippen LogP contribution >= 0.6 is 0 Å². The molecule has 0 spiro atoms. The third-order valence-corrected chi connectivity index (χ3v) is 0. The number of nitrogens with zero attached hydrogens (tertiary/aromatic N) is 1. The maximum absolute atomic E-state index is 8.11. The van der Waals surface area contributed by atoms with Crippen molar-refractivity contribution in [2.45, 2.75) is 0 Å². The SMILES string of the molecule is N.N.O=NO. The molecule has 5 nitrogen and oxygen atoms in total. The van der Waals surface area contributed by atoms with E-state index in [1.165, 1.54) is 5.34 Å². The van der Waals surface area contributed by atoms with Gasteiger partial charge in [-0.2, -0.15) is 0 Å². The van der Waals surface area contributed by atoms with Crippen LogP contribution in [0.5, 0.6) is 0 Å². The number of hydrogen-bond donors (Lipinski definition) is 3. The average Bonchev–Trinajstić information content (AvgIpc) is 0.918. The largest absolute Gasteiger partial charge is 0.379 e. The molecule has 0 aliphatic heterocycles. The zero-order valence-corrected chi connectivity index (χ0v) is 2.72. The molecule has 0 radical (unpaired) electrons. The Kier molecular flexibility index (Phi) is 954. The number of rotatable bonds is 0. The van der Waals surface area contributed by atoms with Crippen LogP contribution in [0.25, 0.3) is 0 Å². The van der Waals surface area contributed by atoms with Crippen molar-refractivity contribution in [3.05, 3.63) is 4.91 Å². The monoisotopic (exact) mass is 81.1 g/mol. The van der Waals surface area contributed by atoms with E-state index in [4.69, 9.17) is 10.1 Å². The predicted molar refractivity (Wildman–Crippen MR) is 17.6 cm³/mol. The second-order valence-corrected chi connectivity index (χ2v) is 0.0816. The molecule has 7 N–H and O–H groups in total. The van der Waals surface area contributed by atoms with Gasteiger partial charge in [0.1, 0.15) is 0 Å². The maximum Gasteiger partial charge on any atom is 0.152 e. The summed E-state index contributed by atoms with van der Waals surface area (Å²) in [5.74, 6) is 0. The van der Waals surface area contributed by atoms with Gasteiger partial charge in [-0.25, -0.2) is 0 Å². The first-order chi connectivity index (χ1) is 1.41. The van der Waals surface area contributed by atoms with Crippen LogP contribution in [0.3, 0.4) is 0 Å². The van der Waals surface area contributed by atoms with Crippen LogP contribution in [0.2, 0.25) is 0 Å². The molecule has 0 saturated carbocycles. The Labute approximate surface area is 29.1 Å². The normalized spacial score (nSPS) is 2.40. The summed E-state index contributed by atoms with van der Waals surface area (Å²) in [6, 6.07) is 0. The first-order valence-electron chi connectivity index (χ1n) is 0.383. The highest BCUT2D eigenvalue weighted by Crippen LogP contribution is 1.25. The molecule has 0 rings (SSSR count). The highest BCUT2D eigenvalue weighted by molar-refractivity contribution is 3.83. The van der Waals surface area contributed by atoms with E-state index in [1.54, 1.807) is 0 Å². The van der Waals surface area contributed by atoms with Crippen LogP contribution in [-0.4, -0.2) is 5.21 Å². The molecule has 0 heterocycles. The van der Waals surface area contributed by atoms with E-state index in [0.717, 1.165) is 0 Å². The van der Waals surface area contributed by atoms with E-state index in [9.17, 15) is 0 Å². The second kappa shape index (κ2) is 175. The van der Waals surface area contributed by atoms with E-state index in [1.807, 2.05) is 0 Å². The lowest BCUT2D eigenvalue weighted by atomic mass is 13.4. The summed E-state index contributed by atoms with van der Waals surface area (Å²) in [6.45, 7) is 0. The van der Waals surface area contributed by atoms with E-state index < -0.39 is 0 Å². The number of hydrogen-bond acceptors (Lipinski definition) is 4. The Morgan fingerprint density at radius 1 is 1.40 bits per heavy atom. The predicted octanol–water partition coefficient (Wildman–Crippen LogP) is 0.466. The fourth-order valence-corrected chi connectivity index (χ4v) is 0. The van der Waals surface area contributed by atoms with Gasteiger partial charge >= 0.3 is 0 Å². The first-order valence-corrected chi connectivity index (χ1v) is 0.383. The molecule has 5 heteroatoms. The fraction of sp³-hybridized carbons (Fsp3) is 0. The first kappa shape index (κ1) is 27.3. The highest BCUT2D eigenvalue weighted by atomic mass is 16.6. The average molecular weight is 81.1 g/mol. The Bertz CT molecular complexity index is 12.4. The summed E-state index contributed by atoms with van der Waals surface area (Å²) in [7, 11) is 0. The van der Waals surface area contributed by atoms with Crippen molar-refractivity contribution in [1.82, 2.24) is 12.3 Å². The van der Waals surface area contributed by atoms with Crippen molar-refractivity contribution in [3.8, 4) is 0 Å². The summed E-state index contributed by atoms with van der Waals surface area (Å²) < 4.78 is 0. The third-order valence-electron chi connectivity index (χ3n) is 0. The molecule has 0 aromatic heterocycles. The van der Waals surface area contributed by atoms with Crippen molar-refractivity contribution in [1.29, 1.82) is 0 Å². The van der Waals surface area contributed by atoms with E-state index in [0.29, 0.717) is 0 Å². The molecule has 0 aliphatic carbocycles. The molecular weight excluding hydrogens is 74.0 g/mol. The second-order valence-electron chi connectivity index (χ2n) is 0.0816.